The van der Waals surface area contributed by atoms with Crippen LogP contribution in [0.25, 0.3) is 10.9 Å². The Hall–Kier alpha value is -1.65. The Labute approximate surface area is 114 Å². The fraction of sp³-hybridized carbons (Fsp3) is 0.400. The van der Waals surface area contributed by atoms with Crippen LogP contribution in [-0.2, 0) is 6.54 Å². The van der Waals surface area contributed by atoms with Gasteiger partial charge in [0, 0.05) is 31.1 Å². The molecule has 2 aromatic rings. The third-order valence-electron chi connectivity index (χ3n) is 3.14. The number of nitrogens with one attached hydrogen (secondary N) is 1. The van der Waals surface area contributed by atoms with Gasteiger partial charge in [-0.05, 0) is 18.7 Å². The Bertz CT molecular complexity index is 542. The van der Waals surface area contributed by atoms with Gasteiger partial charge in [-0.3, -0.25) is 0 Å². The topological polar surface area (TPSA) is 48.4 Å². The number of aromatic nitrogens is 1. The van der Waals surface area contributed by atoms with E-state index in [2.05, 4.69) is 24.4 Å². The third-order valence-corrected chi connectivity index (χ3v) is 3.14. The summed E-state index contributed by atoms with van der Waals surface area (Å²) in [5.74, 6) is 0.939. The fourth-order valence-corrected chi connectivity index (χ4v) is 2.13. The summed E-state index contributed by atoms with van der Waals surface area (Å²) in [6.07, 6.45) is 0. The minimum Gasteiger partial charge on any atom is -0.395 e. The van der Waals surface area contributed by atoms with Gasteiger partial charge in [0.15, 0.2) is 0 Å². The summed E-state index contributed by atoms with van der Waals surface area (Å²) in [5.41, 5.74) is 2.15. The van der Waals surface area contributed by atoms with Gasteiger partial charge in [0.05, 0.1) is 12.1 Å². The van der Waals surface area contributed by atoms with Crippen molar-refractivity contribution in [3.8, 4) is 0 Å². The maximum absolute atomic E-state index is 9.09. The van der Waals surface area contributed by atoms with E-state index in [-0.39, 0.29) is 6.61 Å². The SMILES string of the molecule is CCNCc1cc2ccccc2nc1N(C)CCO. The van der Waals surface area contributed by atoms with Gasteiger partial charge in [0.1, 0.15) is 5.82 Å². The van der Waals surface area contributed by atoms with Crippen LogP contribution in [0, 0.1) is 0 Å². The zero-order valence-electron chi connectivity index (χ0n) is 11.6. The molecule has 0 radical (unpaired) electrons. The summed E-state index contributed by atoms with van der Waals surface area (Å²) >= 11 is 0. The minimum absolute atomic E-state index is 0.131. The molecule has 0 saturated heterocycles. The van der Waals surface area contributed by atoms with Crippen LogP contribution in [0.2, 0.25) is 0 Å². The van der Waals surface area contributed by atoms with Crippen LogP contribution in [0.3, 0.4) is 0 Å². The van der Waals surface area contributed by atoms with Crippen LogP contribution in [0.15, 0.2) is 30.3 Å². The van der Waals surface area contributed by atoms with Crippen LogP contribution in [-0.4, -0.2) is 36.8 Å². The van der Waals surface area contributed by atoms with Crippen molar-refractivity contribution in [3.63, 3.8) is 0 Å². The molecule has 4 heteroatoms. The predicted octanol–water partition coefficient (Wildman–Crippen LogP) is 1.77. The van der Waals surface area contributed by atoms with Crippen molar-refractivity contribution in [3.05, 3.63) is 35.9 Å². The van der Waals surface area contributed by atoms with Crippen molar-refractivity contribution < 1.29 is 5.11 Å². The third kappa shape index (κ3) is 3.22. The summed E-state index contributed by atoms with van der Waals surface area (Å²) in [6.45, 7) is 4.52. The number of likely N-dealkylation sites (N-methyl/N-ethyl adjacent to an activating group) is 1. The molecular formula is C15H21N3O. The zero-order chi connectivity index (χ0) is 13.7. The molecule has 2 N–H and O–H groups in total. The number of para-hydroxylation sites is 1. The lowest BCUT2D eigenvalue weighted by molar-refractivity contribution is 0.304. The molecule has 19 heavy (non-hydrogen) atoms. The van der Waals surface area contributed by atoms with Gasteiger partial charge in [0.2, 0.25) is 0 Å². The molecular weight excluding hydrogens is 238 g/mol. The highest BCUT2D eigenvalue weighted by Crippen LogP contribution is 2.22. The van der Waals surface area contributed by atoms with Gasteiger partial charge in [-0.25, -0.2) is 4.98 Å². The van der Waals surface area contributed by atoms with Crippen molar-refractivity contribution in [2.24, 2.45) is 0 Å². The molecule has 0 amide bonds. The Balaban J connectivity index is 2.44. The average Bonchev–Trinajstić information content (AvgIpc) is 2.44. The molecule has 0 fully saturated rings. The van der Waals surface area contributed by atoms with Gasteiger partial charge in [-0.2, -0.15) is 0 Å². The van der Waals surface area contributed by atoms with Gasteiger partial charge in [0.25, 0.3) is 0 Å². The van der Waals surface area contributed by atoms with Gasteiger partial charge >= 0.3 is 0 Å². The summed E-state index contributed by atoms with van der Waals surface area (Å²) < 4.78 is 0. The van der Waals surface area contributed by atoms with Crippen molar-refractivity contribution in [1.82, 2.24) is 10.3 Å². The molecule has 4 nitrogen and oxygen atoms in total. The van der Waals surface area contributed by atoms with Gasteiger partial charge < -0.3 is 15.3 Å². The molecule has 0 bridgehead atoms. The standard InChI is InChI=1S/C15H21N3O/c1-3-16-11-13-10-12-6-4-5-7-14(12)17-15(13)18(2)8-9-19/h4-7,10,16,19H,3,8-9,11H2,1-2H3. The number of fused-ring (bicyclic) bond motifs is 1. The molecule has 1 heterocycles. The van der Waals surface area contributed by atoms with E-state index in [9.17, 15) is 0 Å². The lowest BCUT2D eigenvalue weighted by Gasteiger charge is -2.21. The predicted molar refractivity (Wildman–Crippen MR) is 79.5 cm³/mol. The lowest BCUT2D eigenvalue weighted by atomic mass is 10.1. The number of hydrogen-bond acceptors (Lipinski definition) is 4. The monoisotopic (exact) mass is 259 g/mol. The highest BCUT2D eigenvalue weighted by Gasteiger charge is 2.10. The van der Waals surface area contributed by atoms with E-state index in [1.807, 2.05) is 30.1 Å². The quantitative estimate of drug-likeness (QED) is 0.830. The average molecular weight is 259 g/mol. The maximum Gasteiger partial charge on any atom is 0.133 e. The summed E-state index contributed by atoms with van der Waals surface area (Å²) in [4.78, 5) is 6.72. The summed E-state index contributed by atoms with van der Waals surface area (Å²) in [5, 5.41) is 13.6. The first kappa shape index (κ1) is 13.8. The van der Waals surface area contributed by atoms with Crippen LogP contribution in [0.5, 0.6) is 0 Å². The van der Waals surface area contributed by atoms with E-state index >= 15 is 0 Å². The molecule has 0 aliphatic carbocycles. The van der Waals surface area contributed by atoms with Crippen LogP contribution in [0.1, 0.15) is 12.5 Å². The Kier molecular flexibility index (Phi) is 4.71. The number of nitrogens with zero attached hydrogens (tertiary/aromatic N) is 2. The Morgan fingerprint density at radius 1 is 1.32 bits per heavy atom. The largest absolute Gasteiger partial charge is 0.395 e. The molecule has 2 rings (SSSR count). The molecule has 0 atom stereocenters. The van der Waals surface area contributed by atoms with Gasteiger partial charge in [-0.15, -0.1) is 0 Å². The normalized spacial score (nSPS) is 10.9. The number of aliphatic hydroxyl groups excluding tert-OH is 1. The van der Waals surface area contributed by atoms with E-state index in [0.29, 0.717) is 6.54 Å². The molecule has 0 spiro atoms. The smallest absolute Gasteiger partial charge is 0.133 e. The van der Waals surface area contributed by atoms with E-state index in [1.165, 1.54) is 0 Å². The highest BCUT2D eigenvalue weighted by atomic mass is 16.3. The van der Waals surface area contributed by atoms with Crippen molar-refractivity contribution in [2.45, 2.75) is 13.5 Å². The second-order valence-corrected chi connectivity index (χ2v) is 4.59. The second kappa shape index (κ2) is 6.50. The highest BCUT2D eigenvalue weighted by molar-refractivity contribution is 5.81. The number of rotatable bonds is 6. The lowest BCUT2D eigenvalue weighted by Crippen LogP contribution is -2.25. The number of hydrogen-bond donors (Lipinski definition) is 2. The molecule has 0 unspecified atom stereocenters. The first-order chi connectivity index (χ1) is 9.26. The van der Waals surface area contributed by atoms with Crippen LogP contribution >= 0.6 is 0 Å². The molecule has 0 saturated carbocycles. The first-order valence-electron chi connectivity index (χ1n) is 6.67. The molecule has 1 aromatic carbocycles. The second-order valence-electron chi connectivity index (χ2n) is 4.59. The molecule has 0 aliphatic heterocycles. The van der Waals surface area contributed by atoms with Crippen molar-refractivity contribution >= 4 is 16.7 Å². The number of pyridine rings is 1. The van der Waals surface area contributed by atoms with E-state index in [0.717, 1.165) is 35.4 Å². The Morgan fingerprint density at radius 3 is 2.84 bits per heavy atom. The number of benzene rings is 1. The van der Waals surface area contributed by atoms with Gasteiger partial charge in [-0.1, -0.05) is 25.1 Å². The number of anilines is 1. The van der Waals surface area contributed by atoms with Crippen LogP contribution < -0.4 is 10.2 Å². The van der Waals surface area contributed by atoms with Crippen molar-refractivity contribution in [1.29, 1.82) is 0 Å². The maximum atomic E-state index is 9.09. The zero-order valence-corrected chi connectivity index (χ0v) is 11.6. The summed E-state index contributed by atoms with van der Waals surface area (Å²) in [6, 6.07) is 10.3. The van der Waals surface area contributed by atoms with Crippen molar-refractivity contribution in [2.75, 3.05) is 31.6 Å². The molecule has 0 aliphatic rings. The number of aliphatic hydroxyl groups is 1. The first-order valence-corrected chi connectivity index (χ1v) is 6.67. The van der Waals surface area contributed by atoms with E-state index in [4.69, 9.17) is 10.1 Å². The van der Waals surface area contributed by atoms with E-state index < -0.39 is 0 Å². The van der Waals surface area contributed by atoms with E-state index in [1.54, 1.807) is 0 Å². The molecule has 102 valence electrons. The minimum atomic E-state index is 0.131. The fourth-order valence-electron chi connectivity index (χ4n) is 2.13. The Morgan fingerprint density at radius 2 is 2.11 bits per heavy atom. The van der Waals surface area contributed by atoms with Crippen LogP contribution in [0.4, 0.5) is 5.82 Å². The summed E-state index contributed by atoms with van der Waals surface area (Å²) in [7, 11) is 1.96. The molecule has 1 aromatic heterocycles.